The summed E-state index contributed by atoms with van der Waals surface area (Å²) < 4.78 is 2.53. The van der Waals surface area contributed by atoms with Crippen LogP contribution >= 0.6 is 0 Å². The minimum atomic E-state index is 1.21. The molecule has 1 aromatic rings. The van der Waals surface area contributed by atoms with E-state index in [9.17, 15) is 0 Å². The molecule has 0 saturated carbocycles. The van der Waals surface area contributed by atoms with E-state index in [1.807, 2.05) is 0 Å². The van der Waals surface area contributed by atoms with Crippen molar-refractivity contribution in [2.45, 2.75) is 258 Å². The molecule has 1 heteroatoms. The average molecular weight is 641 g/mol. The van der Waals surface area contributed by atoms with E-state index in [2.05, 4.69) is 43.8 Å². The van der Waals surface area contributed by atoms with Crippen LogP contribution in [0.15, 0.2) is 18.5 Å². The van der Waals surface area contributed by atoms with Crippen LogP contribution in [-0.4, -0.2) is 0 Å². The smallest absolute Gasteiger partial charge is 0.172 e. The van der Waals surface area contributed by atoms with Crippen molar-refractivity contribution in [3.8, 4) is 0 Å². The molecule has 0 aliphatic rings. The summed E-state index contributed by atoms with van der Waals surface area (Å²) in [7, 11) is 0. The molecule has 0 aromatic carbocycles. The summed E-state index contributed by atoms with van der Waals surface area (Å²) >= 11 is 0. The topological polar surface area (TPSA) is 3.88 Å². The molecule has 0 atom stereocenters. The van der Waals surface area contributed by atoms with E-state index in [1.54, 1.807) is 11.1 Å². The maximum atomic E-state index is 2.56. The number of unbranched alkanes of at least 4 members (excludes halogenated alkanes) is 31. The highest BCUT2D eigenvalue weighted by atomic mass is 14.9. The predicted octanol–water partition coefficient (Wildman–Crippen LogP) is 15.4. The number of nitrogens with zero attached hydrogens (tertiary/aromatic N) is 1. The third-order valence-corrected chi connectivity index (χ3v) is 10.6. The van der Waals surface area contributed by atoms with E-state index in [0.29, 0.717) is 0 Å². The van der Waals surface area contributed by atoms with Gasteiger partial charge in [-0.25, -0.2) is 4.57 Å². The molecule has 1 nitrogen and oxygen atoms in total. The normalized spacial score (nSPS) is 11.5. The molecule has 0 radical (unpaired) electrons. The maximum absolute atomic E-state index is 2.56. The Labute approximate surface area is 291 Å². The van der Waals surface area contributed by atoms with E-state index in [-0.39, 0.29) is 0 Å². The van der Waals surface area contributed by atoms with Crippen molar-refractivity contribution in [3.63, 3.8) is 0 Å². The zero-order valence-electron chi connectivity index (χ0n) is 32.3. The highest BCUT2D eigenvalue weighted by Gasteiger charge is 2.10. The molecule has 0 aliphatic heterocycles. The fourth-order valence-corrected chi connectivity index (χ4v) is 7.32. The summed E-state index contributed by atoms with van der Waals surface area (Å²) in [5, 5.41) is 0. The van der Waals surface area contributed by atoms with Crippen LogP contribution in [0.25, 0.3) is 0 Å². The number of hydrogen-bond donors (Lipinski definition) is 0. The second kappa shape index (κ2) is 35.5. The van der Waals surface area contributed by atoms with Gasteiger partial charge in [-0.15, -0.1) is 0 Å². The van der Waals surface area contributed by atoms with Crippen LogP contribution in [0, 0.1) is 0 Å². The molecule has 0 fully saturated rings. The monoisotopic (exact) mass is 641 g/mol. The van der Waals surface area contributed by atoms with Crippen molar-refractivity contribution in [2.24, 2.45) is 0 Å². The van der Waals surface area contributed by atoms with Gasteiger partial charge in [0.2, 0.25) is 0 Å². The summed E-state index contributed by atoms with van der Waals surface area (Å²) in [6, 6.07) is 2.50. The number of rotatable bonds is 37. The summed E-state index contributed by atoms with van der Waals surface area (Å²) in [5.74, 6) is 0. The van der Waals surface area contributed by atoms with Gasteiger partial charge in [0.05, 0.1) is 0 Å². The second-order valence-electron chi connectivity index (χ2n) is 15.2. The highest BCUT2D eigenvalue weighted by Crippen LogP contribution is 2.18. The molecular formula is C45H86N+. The van der Waals surface area contributed by atoms with Crippen molar-refractivity contribution < 1.29 is 4.57 Å². The minimum Gasteiger partial charge on any atom is -0.205 e. The molecule has 1 rings (SSSR count). The van der Waals surface area contributed by atoms with Gasteiger partial charge in [0.15, 0.2) is 12.4 Å². The summed E-state index contributed by atoms with van der Waals surface area (Å²) in [5.41, 5.74) is 3.33. The first-order valence-corrected chi connectivity index (χ1v) is 21.8. The lowest BCUT2D eigenvalue weighted by Crippen LogP contribution is -2.34. The van der Waals surface area contributed by atoms with Gasteiger partial charge in [0, 0.05) is 18.1 Å². The molecule has 1 aromatic heterocycles. The first kappa shape index (κ1) is 43.2. The minimum absolute atomic E-state index is 1.21. The Morgan fingerprint density at radius 3 is 0.957 bits per heavy atom. The first-order valence-electron chi connectivity index (χ1n) is 21.8. The van der Waals surface area contributed by atoms with Crippen LogP contribution in [0.4, 0.5) is 0 Å². The van der Waals surface area contributed by atoms with Crippen molar-refractivity contribution in [2.75, 3.05) is 0 Å². The van der Waals surface area contributed by atoms with Crippen molar-refractivity contribution in [1.29, 1.82) is 0 Å². The van der Waals surface area contributed by atoms with Crippen molar-refractivity contribution in [3.05, 3.63) is 29.6 Å². The van der Waals surface area contributed by atoms with Crippen molar-refractivity contribution in [1.82, 2.24) is 0 Å². The van der Waals surface area contributed by atoms with E-state index < -0.39 is 0 Å². The fourth-order valence-electron chi connectivity index (χ4n) is 7.32. The average Bonchev–Trinajstić information content (AvgIpc) is 3.07. The number of aryl methyl sites for hydroxylation is 3. The van der Waals surface area contributed by atoms with Crippen LogP contribution in [0.3, 0.4) is 0 Å². The summed E-state index contributed by atoms with van der Waals surface area (Å²) in [4.78, 5) is 0. The molecule has 0 amide bonds. The van der Waals surface area contributed by atoms with Gasteiger partial charge < -0.3 is 0 Å². The molecule has 46 heavy (non-hydrogen) atoms. The Hall–Kier alpha value is -0.850. The lowest BCUT2D eigenvalue weighted by atomic mass is 9.97. The molecule has 270 valence electrons. The molecule has 1 heterocycles. The molecule has 0 N–H and O–H groups in total. The summed E-state index contributed by atoms with van der Waals surface area (Å²) in [6.45, 7) is 8.15. The Morgan fingerprint density at radius 2 is 0.609 bits per heavy atom. The number of hydrogen-bond acceptors (Lipinski definition) is 0. The van der Waals surface area contributed by atoms with E-state index in [0.717, 1.165) is 0 Å². The quantitative estimate of drug-likeness (QED) is 0.0503. The zero-order chi connectivity index (χ0) is 33.0. The standard InChI is InChI=1S/C45H86N/c1-4-7-10-13-16-19-22-24-26-29-32-35-38-44-40-42-46(41-37-34-31-28-21-18-15-12-9-6-3)43-45(44)39-36-33-30-27-25-23-20-17-14-11-8-5-2/h40,42-43H,4-39,41H2,1-3H3/q+1. The highest BCUT2D eigenvalue weighted by molar-refractivity contribution is 5.21. The van der Waals surface area contributed by atoms with Crippen LogP contribution in [0.5, 0.6) is 0 Å². The van der Waals surface area contributed by atoms with E-state index >= 15 is 0 Å². The SMILES string of the molecule is CCCCCCCCCCCCCCc1cc[n+](CCCCCCCCCCCC)cc1CCCCCCCCCCCCCC. The maximum Gasteiger partial charge on any atom is 0.172 e. The van der Waals surface area contributed by atoms with Crippen molar-refractivity contribution >= 4 is 0 Å². The third-order valence-electron chi connectivity index (χ3n) is 10.6. The molecule has 0 aliphatic carbocycles. The predicted molar refractivity (Wildman–Crippen MR) is 208 cm³/mol. The summed E-state index contributed by atoms with van der Waals surface area (Å²) in [6.07, 6.45) is 56.3. The Bertz CT molecular complexity index is 724. The molecular weight excluding hydrogens is 555 g/mol. The molecule has 0 unspecified atom stereocenters. The largest absolute Gasteiger partial charge is 0.205 e. The van der Waals surface area contributed by atoms with Gasteiger partial charge in [0.25, 0.3) is 0 Å². The van der Waals surface area contributed by atoms with E-state index in [1.165, 1.54) is 238 Å². The van der Waals surface area contributed by atoms with Crippen LogP contribution < -0.4 is 4.57 Å². The van der Waals surface area contributed by atoms with Gasteiger partial charge in [-0.3, -0.25) is 0 Å². The molecule has 0 bridgehead atoms. The van der Waals surface area contributed by atoms with Crippen LogP contribution in [0.2, 0.25) is 0 Å². The van der Waals surface area contributed by atoms with Crippen LogP contribution in [-0.2, 0) is 19.4 Å². The van der Waals surface area contributed by atoms with Gasteiger partial charge in [-0.2, -0.15) is 0 Å². The molecule has 0 saturated heterocycles. The lowest BCUT2D eigenvalue weighted by Gasteiger charge is -2.10. The van der Waals surface area contributed by atoms with Gasteiger partial charge in [-0.1, -0.05) is 213 Å². The Morgan fingerprint density at radius 1 is 0.326 bits per heavy atom. The lowest BCUT2D eigenvalue weighted by molar-refractivity contribution is -0.697. The second-order valence-corrected chi connectivity index (χ2v) is 15.2. The number of aromatic nitrogens is 1. The first-order chi connectivity index (χ1) is 22.8. The third kappa shape index (κ3) is 28.2. The van der Waals surface area contributed by atoms with Gasteiger partial charge >= 0.3 is 0 Å². The van der Waals surface area contributed by atoms with Gasteiger partial charge in [0.1, 0.15) is 6.54 Å². The van der Waals surface area contributed by atoms with E-state index in [4.69, 9.17) is 0 Å². The Kier molecular flexibility index (Phi) is 33.3. The Balaban J connectivity index is 2.33. The van der Waals surface area contributed by atoms with Gasteiger partial charge in [-0.05, 0) is 37.7 Å². The number of pyridine rings is 1. The van der Waals surface area contributed by atoms with Crippen LogP contribution in [0.1, 0.15) is 250 Å². The molecule has 0 spiro atoms. The zero-order valence-corrected chi connectivity index (χ0v) is 32.3. The fraction of sp³-hybridized carbons (Fsp3) is 0.889.